The molecule has 2 fully saturated rings. The first-order valence-electron chi connectivity index (χ1n) is 9.56. The molecular weight excluding hydrogens is 354 g/mol. The number of amides is 1. The zero-order chi connectivity index (χ0) is 19.0. The highest BCUT2D eigenvalue weighted by Crippen LogP contribution is 2.31. The monoisotopic (exact) mass is 378 g/mol. The van der Waals surface area contributed by atoms with Crippen LogP contribution in [-0.2, 0) is 4.79 Å². The second-order valence-electron chi connectivity index (χ2n) is 7.49. The van der Waals surface area contributed by atoms with Crippen molar-refractivity contribution in [2.75, 3.05) is 13.1 Å². The topological polar surface area (TPSA) is 71.2 Å². The van der Waals surface area contributed by atoms with Crippen molar-refractivity contribution < 1.29 is 18.3 Å². The number of likely N-dealkylation sites (tertiary alicyclic amines) is 1. The van der Waals surface area contributed by atoms with Crippen LogP contribution in [0.25, 0.3) is 0 Å². The van der Waals surface area contributed by atoms with E-state index in [0.717, 1.165) is 31.0 Å². The third-order valence-corrected chi connectivity index (χ3v) is 5.74. The summed E-state index contributed by atoms with van der Waals surface area (Å²) in [6.45, 7) is 1.82. The van der Waals surface area contributed by atoms with E-state index in [9.17, 15) is 13.6 Å². The lowest BCUT2D eigenvalue weighted by Crippen LogP contribution is -2.46. The van der Waals surface area contributed by atoms with E-state index < -0.39 is 11.6 Å². The Morgan fingerprint density at radius 1 is 1.07 bits per heavy atom. The maximum Gasteiger partial charge on any atom is 0.257 e. The molecule has 8 heteroatoms. The molecule has 146 valence electrons. The van der Waals surface area contributed by atoms with E-state index in [1.807, 2.05) is 0 Å². The van der Waals surface area contributed by atoms with Gasteiger partial charge in [0.15, 0.2) is 17.4 Å². The number of rotatable bonds is 4. The van der Waals surface area contributed by atoms with Gasteiger partial charge in [0, 0.05) is 37.5 Å². The fraction of sp³-hybridized carbons (Fsp3) is 0.579. The number of hydrogen-bond acceptors (Lipinski definition) is 5. The Morgan fingerprint density at radius 3 is 2.30 bits per heavy atom. The maximum absolute atomic E-state index is 14.5. The first kappa shape index (κ1) is 18.3. The quantitative estimate of drug-likeness (QED) is 0.646. The van der Waals surface area contributed by atoms with E-state index in [2.05, 4.69) is 10.0 Å². The molecule has 4 rings (SSSR count). The van der Waals surface area contributed by atoms with Gasteiger partial charge in [0.1, 0.15) is 6.10 Å². The van der Waals surface area contributed by atoms with Crippen molar-refractivity contribution in [2.24, 2.45) is 10.9 Å². The van der Waals surface area contributed by atoms with E-state index in [1.54, 1.807) is 0 Å². The molecular formula is C19H24F2N4O2. The number of hydrazine groups is 1. The van der Waals surface area contributed by atoms with Crippen LogP contribution >= 0.6 is 0 Å². The highest BCUT2D eigenvalue weighted by Gasteiger charge is 2.30. The molecule has 1 saturated carbocycles. The Kier molecular flexibility index (Phi) is 5.10. The van der Waals surface area contributed by atoms with E-state index in [1.165, 1.54) is 31.4 Å². The Bertz CT molecular complexity index is 735. The lowest BCUT2D eigenvalue weighted by Gasteiger charge is -2.41. The first-order chi connectivity index (χ1) is 13.0. The third kappa shape index (κ3) is 3.82. The fourth-order valence-corrected chi connectivity index (χ4v) is 3.89. The molecule has 0 atom stereocenters. The van der Waals surface area contributed by atoms with Crippen molar-refractivity contribution in [3.05, 3.63) is 29.3 Å². The smallest absolute Gasteiger partial charge is 0.257 e. The minimum atomic E-state index is -0.755. The van der Waals surface area contributed by atoms with Gasteiger partial charge in [-0.3, -0.25) is 4.79 Å². The van der Waals surface area contributed by atoms with Crippen molar-refractivity contribution in [3.63, 3.8) is 0 Å². The van der Waals surface area contributed by atoms with Gasteiger partial charge in [0.05, 0.1) is 5.71 Å². The number of carbonyl (C=O) groups excluding carboxylic acids is 1. The summed E-state index contributed by atoms with van der Waals surface area (Å²) in [7, 11) is 0. The van der Waals surface area contributed by atoms with Gasteiger partial charge in [-0.15, -0.1) is 0 Å². The van der Waals surface area contributed by atoms with Crippen LogP contribution in [0, 0.1) is 11.6 Å². The lowest BCUT2D eigenvalue weighted by molar-refractivity contribution is -0.132. The molecule has 2 aliphatic heterocycles. The predicted molar refractivity (Wildman–Crippen MR) is 96.0 cm³/mol. The molecule has 0 radical (unpaired) electrons. The summed E-state index contributed by atoms with van der Waals surface area (Å²) in [4.78, 5) is 13.8. The van der Waals surface area contributed by atoms with Gasteiger partial charge < -0.3 is 9.64 Å². The highest BCUT2D eigenvalue weighted by molar-refractivity contribution is 6.04. The van der Waals surface area contributed by atoms with Gasteiger partial charge in [-0.1, -0.05) is 6.42 Å². The minimum Gasteiger partial charge on any atom is -0.484 e. The number of benzene rings is 1. The molecule has 0 bridgehead atoms. The molecule has 1 saturated heterocycles. The molecule has 27 heavy (non-hydrogen) atoms. The maximum atomic E-state index is 14.5. The summed E-state index contributed by atoms with van der Waals surface area (Å²) in [5, 5.41) is 4.62. The fourth-order valence-electron chi connectivity index (χ4n) is 3.89. The van der Waals surface area contributed by atoms with E-state index >= 15 is 0 Å². The van der Waals surface area contributed by atoms with Crippen LogP contribution in [0.5, 0.6) is 5.75 Å². The Labute approximate surface area is 156 Å². The van der Waals surface area contributed by atoms with E-state index in [-0.39, 0.29) is 29.7 Å². The number of nitrogens with two attached hydrogens (primary N) is 1. The number of hydrogen-bond donors (Lipinski definition) is 1. The summed E-state index contributed by atoms with van der Waals surface area (Å²) in [5.74, 6) is 3.29. The third-order valence-electron chi connectivity index (χ3n) is 5.74. The molecule has 3 aliphatic rings. The van der Waals surface area contributed by atoms with Crippen LogP contribution in [-0.4, -0.2) is 46.9 Å². The zero-order valence-corrected chi connectivity index (χ0v) is 15.2. The van der Waals surface area contributed by atoms with Crippen molar-refractivity contribution in [3.8, 4) is 5.75 Å². The number of nitrogens with zero attached hydrogens (tertiary/aromatic N) is 3. The Balaban J connectivity index is 1.43. The molecule has 1 aliphatic carbocycles. The summed E-state index contributed by atoms with van der Waals surface area (Å²) in [5.41, 5.74) is 0.662. The van der Waals surface area contributed by atoms with Crippen LogP contribution in [0.1, 0.15) is 50.5 Å². The predicted octanol–water partition coefficient (Wildman–Crippen LogP) is 2.56. The normalized spacial score (nSPS) is 22.6. The van der Waals surface area contributed by atoms with Gasteiger partial charge in [0.2, 0.25) is 0 Å². The summed E-state index contributed by atoms with van der Waals surface area (Å²) in [6, 6.07) is 3.08. The molecule has 0 aromatic heterocycles. The van der Waals surface area contributed by atoms with Gasteiger partial charge >= 0.3 is 0 Å². The largest absolute Gasteiger partial charge is 0.484 e. The first-order valence-corrected chi connectivity index (χ1v) is 9.56. The number of ether oxygens (including phenoxy) is 1. The lowest BCUT2D eigenvalue weighted by atomic mass is 9.90. The highest BCUT2D eigenvalue weighted by atomic mass is 19.1. The van der Waals surface area contributed by atoms with Crippen LogP contribution < -0.4 is 10.6 Å². The molecule has 6 nitrogen and oxygen atoms in total. The Hall–Kier alpha value is -2.06. The molecule has 0 unspecified atom stereocenters. The summed E-state index contributed by atoms with van der Waals surface area (Å²) >= 11 is 0. The zero-order valence-electron chi connectivity index (χ0n) is 15.2. The summed E-state index contributed by atoms with van der Waals surface area (Å²) in [6.07, 6.45) is 5.63. The molecule has 2 heterocycles. The van der Waals surface area contributed by atoms with Crippen molar-refractivity contribution in [2.45, 2.75) is 57.1 Å². The van der Waals surface area contributed by atoms with Crippen molar-refractivity contribution in [1.82, 2.24) is 10.0 Å². The number of carbonyl (C=O) groups is 1. The standard InChI is InChI=1S/C19H24F2N4O2/c20-15-10-12(17-4-5-18(26)25(22)23-17)11-16(21)19(15)27-14-6-8-24(9-7-14)13-2-1-3-13/h10-11,13-14H,1-9,22H2. The molecule has 1 aromatic carbocycles. The molecule has 1 aromatic rings. The van der Waals surface area contributed by atoms with E-state index in [4.69, 9.17) is 10.6 Å². The number of halogens is 2. The van der Waals surface area contributed by atoms with Gasteiger partial charge in [-0.05, 0) is 37.8 Å². The molecule has 0 spiro atoms. The second kappa shape index (κ2) is 7.52. The molecule has 1 amide bonds. The average molecular weight is 378 g/mol. The SMILES string of the molecule is NN1N=C(c2cc(F)c(OC3CCN(C4CCC4)CC3)c(F)c2)CCC1=O. The van der Waals surface area contributed by atoms with Crippen LogP contribution in [0.15, 0.2) is 17.2 Å². The van der Waals surface area contributed by atoms with Crippen molar-refractivity contribution >= 4 is 11.6 Å². The van der Waals surface area contributed by atoms with Crippen molar-refractivity contribution in [1.29, 1.82) is 0 Å². The number of piperidine rings is 1. The van der Waals surface area contributed by atoms with E-state index in [0.29, 0.717) is 18.2 Å². The summed E-state index contributed by atoms with van der Waals surface area (Å²) < 4.78 is 34.7. The van der Waals surface area contributed by atoms with Gasteiger partial charge in [0.25, 0.3) is 5.91 Å². The van der Waals surface area contributed by atoms with Crippen LogP contribution in [0.2, 0.25) is 0 Å². The van der Waals surface area contributed by atoms with Crippen LogP contribution in [0.3, 0.4) is 0 Å². The second-order valence-corrected chi connectivity index (χ2v) is 7.49. The Morgan fingerprint density at radius 2 is 1.74 bits per heavy atom. The van der Waals surface area contributed by atoms with Gasteiger partial charge in [-0.25, -0.2) is 14.6 Å². The molecule has 2 N–H and O–H groups in total. The minimum absolute atomic E-state index is 0.163. The average Bonchev–Trinajstić information content (AvgIpc) is 2.60. The number of hydrazone groups is 1. The van der Waals surface area contributed by atoms with Crippen LogP contribution in [0.4, 0.5) is 8.78 Å². The van der Waals surface area contributed by atoms with Gasteiger partial charge in [-0.2, -0.15) is 10.2 Å².